The number of benzene rings is 1. The molecule has 1 heterocycles. The van der Waals surface area contributed by atoms with Gasteiger partial charge >= 0.3 is 0 Å². The lowest BCUT2D eigenvalue weighted by Gasteiger charge is -2.07. The van der Waals surface area contributed by atoms with Crippen molar-refractivity contribution in [2.24, 2.45) is 0 Å². The van der Waals surface area contributed by atoms with E-state index in [0.717, 1.165) is 28.6 Å². The summed E-state index contributed by atoms with van der Waals surface area (Å²) in [6.07, 6.45) is 0. The van der Waals surface area contributed by atoms with Gasteiger partial charge in [0.2, 0.25) is 0 Å². The minimum Gasteiger partial charge on any atom is -0.398 e. The Morgan fingerprint density at radius 3 is 2.83 bits per heavy atom. The zero-order valence-electron chi connectivity index (χ0n) is 10.5. The van der Waals surface area contributed by atoms with Crippen LogP contribution < -0.4 is 5.73 Å². The number of hydrogen-bond donors (Lipinski definition) is 1. The van der Waals surface area contributed by atoms with E-state index in [1.54, 1.807) is 17.8 Å². The third kappa shape index (κ3) is 3.00. The number of anilines is 1. The van der Waals surface area contributed by atoms with E-state index in [1.165, 1.54) is 5.69 Å². The van der Waals surface area contributed by atoms with E-state index in [0.29, 0.717) is 5.02 Å². The van der Waals surface area contributed by atoms with E-state index in [4.69, 9.17) is 17.3 Å². The Morgan fingerprint density at radius 1 is 1.39 bits per heavy atom. The highest BCUT2D eigenvalue weighted by atomic mass is 35.5. The third-order valence-corrected chi connectivity index (χ3v) is 3.99. The van der Waals surface area contributed by atoms with Gasteiger partial charge in [-0.05, 0) is 38.1 Å². The van der Waals surface area contributed by atoms with Crippen molar-refractivity contribution in [3.8, 4) is 0 Å². The summed E-state index contributed by atoms with van der Waals surface area (Å²) >= 11 is 7.59. The first-order valence-corrected chi connectivity index (χ1v) is 7.17. The largest absolute Gasteiger partial charge is 0.398 e. The van der Waals surface area contributed by atoms with Gasteiger partial charge in [0.15, 0.2) is 0 Å². The van der Waals surface area contributed by atoms with Gasteiger partial charge in [-0.25, -0.2) is 0 Å². The van der Waals surface area contributed by atoms with Crippen LogP contribution in [0.5, 0.6) is 0 Å². The van der Waals surface area contributed by atoms with Crippen LogP contribution in [0, 0.1) is 6.92 Å². The first-order chi connectivity index (χ1) is 8.60. The molecule has 18 heavy (non-hydrogen) atoms. The molecule has 0 spiro atoms. The summed E-state index contributed by atoms with van der Waals surface area (Å²) in [5, 5.41) is 5.10. The van der Waals surface area contributed by atoms with Crippen molar-refractivity contribution in [3.63, 3.8) is 0 Å². The third-order valence-electron chi connectivity index (χ3n) is 2.63. The van der Waals surface area contributed by atoms with Crippen molar-refractivity contribution in [2.45, 2.75) is 31.0 Å². The zero-order chi connectivity index (χ0) is 13.1. The lowest BCUT2D eigenvalue weighted by atomic mass is 10.3. The van der Waals surface area contributed by atoms with Gasteiger partial charge in [0.1, 0.15) is 0 Å². The molecule has 0 saturated heterocycles. The topological polar surface area (TPSA) is 43.8 Å². The van der Waals surface area contributed by atoms with Crippen LogP contribution in [-0.4, -0.2) is 9.78 Å². The number of nitrogens with two attached hydrogens (primary N) is 1. The fourth-order valence-electron chi connectivity index (χ4n) is 1.79. The number of rotatable bonds is 4. The summed E-state index contributed by atoms with van der Waals surface area (Å²) in [6, 6.07) is 7.72. The predicted molar refractivity (Wildman–Crippen MR) is 78.1 cm³/mol. The van der Waals surface area contributed by atoms with Gasteiger partial charge in [-0.15, -0.1) is 11.8 Å². The number of halogens is 1. The number of nitrogen functional groups attached to an aromatic ring is 1. The van der Waals surface area contributed by atoms with Crippen molar-refractivity contribution in [1.29, 1.82) is 0 Å². The summed E-state index contributed by atoms with van der Waals surface area (Å²) < 4.78 is 2.02. The van der Waals surface area contributed by atoms with Gasteiger partial charge in [-0.2, -0.15) is 5.10 Å². The monoisotopic (exact) mass is 281 g/mol. The summed E-state index contributed by atoms with van der Waals surface area (Å²) in [7, 11) is 0. The van der Waals surface area contributed by atoms with Gasteiger partial charge in [0, 0.05) is 33.6 Å². The second kappa shape index (κ2) is 5.67. The lowest BCUT2D eigenvalue weighted by molar-refractivity contribution is 0.632. The van der Waals surface area contributed by atoms with E-state index in [9.17, 15) is 0 Å². The zero-order valence-corrected chi connectivity index (χ0v) is 12.1. The van der Waals surface area contributed by atoms with E-state index in [2.05, 4.69) is 18.1 Å². The summed E-state index contributed by atoms with van der Waals surface area (Å²) in [4.78, 5) is 1.06. The standard InChI is InChI=1S/C13H16ClN3S/c1-3-17-11(6-9(2)16-17)8-18-13-5-4-10(14)7-12(13)15/h4-7H,3,8,15H2,1-2H3. The molecule has 2 N–H and O–H groups in total. The SMILES string of the molecule is CCn1nc(C)cc1CSc1ccc(Cl)cc1N. The highest BCUT2D eigenvalue weighted by Crippen LogP contribution is 2.30. The van der Waals surface area contributed by atoms with Gasteiger partial charge in [-0.3, -0.25) is 4.68 Å². The molecule has 96 valence electrons. The molecule has 0 aliphatic rings. The number of hydrogen-bond acceptors (Lipinski definition) is 3. The quantitative estimate of drug-likeness (QED) is 0.686. The van der Waals surface area contributed by atoms with Crippen LogP contribution in [0.2, 0.25) is 5.02 Å². The van der Waals surface area contributed by atoms with E-state index in [1.807, 2.05) is 23.7 Å². The molecule has 0 saturated carbocycles. The molecule has 0 fully saturated rings. The molecule has 0 atom stereocenters. The highest BCUT2D eigenvalue weighted by Gasteiger charge is 2.06. The Morgan fingerprint density at radius 2 is 2.17 bits per heavy atom. The van der Waals surface area contributed by atoms with E-state index >= 15 is 0 Å². The Labute approximate surface area is 116 Å². The van der Waals surface area contributed by atoms with Crippen LogP contribution in [0.4, 0.5) is 5.69 Å². The Hall–Kier alpha value is -1.13. The van der Waals surface area contributed by atoms with Gasteiger partial charge in [0.05, 0.1) is 5.69 Å². The first-order valence-electron chi connectivity index (χ1n) is 5.81. The minimum atomic E-state index is 0.672. The van der Waals surface area contributed by atoms with Crippen LogP contribution >= 0.6 is 23.4 Å². The van der Waals surface area contributed by atoms with E-state index in [-0.39, 0.29) is 0 Å². The molecule has 0 bridgehead atoms. The molecule has 5 heteroatoms. The second-order valence-electron chi connectivity index (χ2n) is 4.06. The molecule has 1 aromatic carbocycles. The molecule has 1 aromatic heterocycles. The van der Waals surface area contributed by atoms with Crippen molar-refractivity contribution in [2.75, 3.05) is 5.73 Å². The van der Waals surface area contributed by atoms with Crippen molar-refractivity contribution < 1.29 is 0 Å². The molecule has 0 aliphatic carbocycles. The maximum Gasteiger partial charge on any atom is 0.0596 e. The van der Waals surface area contributed by atoms with Gasteiger partial charge in [-0.1, -0.05) is 11.6 Å². The predicted octanol–water partition coefficient (Wildman–Crippen LogP) is 3.74. The van der Waals surface area contributed by atoms with Crippen LogP contribution in [0.1, 0.15) is 18.3 Å². The molecule has 0 amide bonds. The number of thioether (sulfide) groups is 1. The van der Waals surface area contributed by atoms with Crippen molar-refractivity contribution in [3.05, 3.63) is 40.7 Å². The maximum absolute atomic E-state index is 5.93. The normalized spacial score (nSPS) is 10.8. The number of aromatic nitrogens is 2. The Kier molecular flexibility index (Phi) is 4.19. The summed E-state index contributed by atoms with van der Waals surface area (Å²) in [5.41, 5.74) is 8.93. The van der Waals surface area contributed by atoms with Gasteiger partial charge in [0.25, 0.3) is 0 Å². The Balaban J connectivity index is 2.11. The molecule has 0 aliphatic heterocycles. The second-order valence-corrected chi connectivity index (χ2v) is 5.52. The van der Waals surface area contributed by atoms with Crippen LogP contribution in [0.3, 0.4) is 0 Å². The minimum absolute atomic E-state index is 0.672. The molecule has 2 aromatic rings. The maximum atomic E-state index is 5.93. The average molecular weight is 282 g/mol. The molecular weight excluding hydrogens is 266 g/mol. The van der Waals surface area contributed by atoms with Gasteiger partial charge < -0.3 is 5.73 Å². The fourth-order valence-corrected chi connectivity index (χ4v) is 2.90. The van der Waals surface area contributed by atoms with Crippen molar-refractivity contribution >= 4 is 29.1 Å². The molecule has 0 radical (unpaired) electrons. The smallest absolute Gasteiger partial charge is 0.0596 e. The van der Waals surface area contributed by atoms with Crippen molar-refractivity contribution in [1.82, 2.24) is 9.78 Å². The van der Waals surface area contributed by atoms with E-state index < -0.39 is 0 Å². The lowest BCUT2D eigenvalue weighted by Crippen LogP contribution is -2.01. The molecule has 2 rings (SSSR count). The Bertz CT molecular complexity index is 551. The average Bonchev–Trinajstić information content (AvgIpc) is 2.68. The molecule has 3 nitrogen and oxygen atoms in total. The fraction of sp³-hybridized carbons (Fsp3) is 0.308. The molecule has 0 unspecified atom stereocenters. The summed E-state index contributed by atoms with van der Waals surface area (Å²) in [6.45, 7) is 4.99. The first kappa shape index (κ1) is 13.3. The highest BCUT2D eigenvalue weighted by molar-refractivity contribution is 7.98. The van der Waals surface area contributed by atoms with Crippen LogP contribution in [-0.2, 0) is 12.3 Å². The summed E-state index contributed by atoms with van der Waals surface area (Å²) in [5.74, 6) is 0.862. The number of aryl methyl sites for hydroxylation is 2. The number of nitrogens with zero attached hydrogens (tertiary/aromatic N) is 2. The molecular formula is C13H16ClN3S. The van der Waals surface area contributed by atoms with Crippen LogP contribution in [0.15, 0.2) is 29.2 Å². The van der Waals surface area contributed by atoms with Crippen LogP contribution in [0.25, 0.3) is 0 Å².